The van der Waals surface area contributed by atoms with Gasteiger partial charge in [-0.25, -0.2) is 4.39 Å². The molecule has 0 saturated carbocycles. The summed E-state index contributed by atoms with van der Waals surface area (Å²) in [6.07, 6.45) is 2.38. The molecule has 0 amide bonds. The molecule has 0 N–H and O–H groups in total. The van der Waals surface area contributed by atoms with E-state index < -0.39 is 16.5 Å². The zero-order valence-electron chi connectivity index (χ0n) is 10.6. The number of nitrogens with zero attached hydrogens (tertiary/aromatic N) is 1. The standard InChI is InChI=1S/C15H9ClFNO3/c16-13-5-2-6-14(17)12(13)7-8-15(19)10-3-1-4-11(9-10)18(20)21/h1-9H/b8-7-. The number of hydrogen-bond acceptors (Lipinski definition) is 3. The molecule has 4 nitrogen and oxygen atoms in total. The number of allylic oxidation sites excluding steroid dienone is 1. The Labute approximate surface area is 124 Å². The van der Waals surface area contributed by atoms with Gasteiger partial charge < -0.3 is 0 Å². The van der Waals surface area contributed by atoms with Gasteiger partial charge in [0.05, 0.1) is 9.95 Å². The highest BCUT2D eigenvalue weighted by Crippen LogP contribution is 2.21. The minimum absolute atomic E-state index is 0.0953. The van der Waals surface area contributed by atoms with E-state index in [1.54, 1.807) is 0 Å². The third-order valence-electron chi connectivity index (χ3n) is 2.74. The number of hydrogen-bond donors (Lipinski definition) is 0. The van der Waals surface area contributed by atoms with Gasteiger partial charge >= 0.3 is 0 Å². The van der Waals surface area contributed by atoms with E-state index >= 15 is 0 Å². The average molecular weight is 306 g/mol. The molecule has 0 unspecified atom stereocenters. The molecule has 21 heavy (non-hydrogen) atoms. The summed E-state index contributed by atoms with van der Waals surface area (Å²) in [6.45, 7) is 0. The van der Waals surface area contributed by atoms with Crippen molar-refractivity contribution in [3.8, 4) is 0 Å². The second-order valence-electron chi connectivity index (χ2n) is 4.14. The van der Waals surface area contributed by atoms with Gasteiger partial charge in [0.2, 0.25) is 0 Å². The van der Waals surface area contributed by atoms with E-state index in [0.717, 1.165) is 12.1 Å². The molecule has 0 fully saturated rings. The summed E-state index contributed by atoms with van der Waals surface area (Å²) < 4.78 is 13.5. The maximum absolute atomic E-state index is 13.5. The molecule has 2 aromatic carbocycles. The Morgan fingerprint density at radius 2 is 1.95 bits per heavy atom. The van der Waals surface area contributed by atoms with Crippen LogP contribution in [0.3, 0.4) is 0 Å². The lowest BCUT2D eigenvalue weighted by atomic mass is 10.1. The van der Waals surface area contributed by atoms with Crippen molar-refractivity contribution >= 4 is 29.1 Å². The second kappa shape index (κ2) is 6.28. The molecule has 0 aliphatic heterocycles. The zero-order valence-corrected chi connectivity index (χ0v) is 11.4. The molecule has 0 atom stereocenters. The summed E-state index contributed by atoms with van der Waals surface area (Å²) in [6, 6.07) is 9.49. The van der Waals surface area contributed by atoms with Gasteiger partial charge in [0, 0.05) is 23.3 Å². The third-order valence-corrected chi connectivity index (χ3v) is 3.07. The number of non-ortho nitro benzene ring substituents is 1. The molecular weight excluding hydrogens is 297 g/mol. The number of carbonyl (C=O) groups excluding carboxylic acids is 1. The van der Waals surface area contributed by atoms with Gasteiger partial charge in [0.25, 0.3) is 5.69 Å². The Morgan fingerprint density at radius 3 is 2.62 bits per heavy atom. The highest BCUT2D eigenvalue weighted by Gasteiger charge is 2.10. The summed E-state index contributed by atoms with van der Waals surface area (Å²) >= 11 is 5.83. The van der Waals surface area contributed by atoms with Crippen molar-refractivity contribution in [3.63, 3.8) is 0 Å². The molecule has 0 aliphatic carbocycles. The maximum Gasteiger partial charge on any atom is 0.270 e. The van der Waals surface area contributed by atoms with Crippen molar-refractivity contribution in [3.05, 3.63) is 80.6 Å². The van der Waals surface area contributed by atoms with Crippen LogP contribution >= 0.6 is 11.6 Å². The van der Waals surface area contributed by atoms with Crippen LogP contribution in [0.1, 0.15) is 15.9 Å². The monoisotopic (exact) mass is 305 g/mol. The van der Waals surface area contributed by atoms with Crippen molar-refractivity contribution in [2.24, 2.45) is 0 Å². The largest absolute Gasteiger partial charge is 0.289 e. The van der Waals surface area contributed by atoms with E-state index in [9.17, 15) is 19.3 Å². The van der Waals surface area contributed by atoms with Crippen molar-refractivity contribution in [1.82, 2.24) is 0 Å². The predicted octanol–water partition coefficient (Wildman–Crippen LogP) is 4.28. The van der Waals surface area contributed by atoms with Crippen LogP contribution in [0.2, 0.25) is 5.02 Å². The summed E-state index contributed by atoms with van der Waals surface area (Å²) in [5, 5.41) is 10.8. The molecule has 0 spiro atoms. The Morgan fingerprint density at radius 1 is 1.24 bits per heavy atom. The fraction of sp³-hybridized carbons (Fsp3) is 0. The number of benzene rings is 2. The first-order chi connectivity index (χ1) is 9.99. The smallest absolute Gasteiger partial charge is 0.270 e. The molecule has 0 radical (unpaired) electrons. The van der Waals surface area contributed by atoms with Crippen LogP contribution < -0.4 is 0 Å². The zero-order chi connectivity index (χ0) is 15.4. The number of ketones is 1. The average Bonchev–Trinajstić information content (AvgIpc) is 2.46. The minimum atomic E-state index is -0.589. The Hall–Kier alpha value is -2.53. The molecule has 2 rings (SSSR count). The van der Waals surface area contributed by atoms with Gasteiger partial charge in [-0.2, -0.15) is 0 Å². The summed E-state index contributed by atoms with van der Waals surface area (Å²) in [5.74, 6) is -1.02. The molecule has 0 aromatic heterocycles. The van der Waals surface area contributed by atoms with Crippen LogP contribution in [0.15, 0.2) is 48.5 Å². The number of nitro benzene ring substituents is 1. The summed E-state index contributed by atoms with van der Waals surface area (Å²) in [7, 11) is 0. The molecule has 6 heteroatoms. The van der Waals surface area contributed by atoms with Crippen LogP contribution in [0.5, 0.6) is 0 Å². The molecule has 0 saturated heterocycles. The summed E-state index contributed by atoms with van der Waals surface area (Å²) in [5.41, 5.74) is 0.0593. The molecular formula is C15H9ClFNO3. The minimum Gasteiger partial charge on any atom is -0.289 e. The normalized spacial score (nSPS) is 10.8. The maximum atomic E-state index is 13.5. The first kappa shape index (κ1) is 14.9. The quantitative estimate of drug-likeness (QED) is 0.366. The van der Waals surface area contributed by atoms with Crippen molar-refractivity contribution < 1.29 is 14.1 Å². The van der Waals surface area contributed by atoms with Crippen molar-refractivity contribution in [2.75, 3.05) is 0 Å². The van der Waals surface area contributed by atoms with Crippen LogP contribution in [0.25, 0.3) is 6.08 Å². The summed E-state index contributed by atoms with van der Waals surface area (Å²) in [4.78, 5) is 22.0. The first-order valence-corrected chi connectivity index (χ1v) is 6.27. The van der Waals surface area contributed by atoms with Gasteiger partial charge in [-0.05, 0) is 24.3 Å². The van der Waals surface area contributed by atoms with Gasteiger partial charge in [0.1, 0.15) is 5.82 Å². The molecule has 2 aromatic rings. The van der Waals surface area contributed by atoms with Crippen molar-refractivity contribution in [1.29, 1.82) is 0 Å². The molecule has 0 heterocycles. The Bertz CT molecular complexity index is 723. The predicted molar refractivity (Wildman–Crippen MR) is 77.9 cm³/mol. The van der Waals surface area contributed by atoms with E-state index in [2.05, 4.69) is 0 Å². The fourth-order valence-electron chi connectivity index (χ4n) is 1.70. The van der Waals surface area contributed by atoms with Gasteiger partial charge in [0.15, 0.2) is 5.78 Å². The van der Waals surface area contributed by atoms with Crippen LogP contribution in [0, 0.1) is 15.9 Å². The van der Waals surface area contributed by atoms with E-state index in [1.807, 2.05) is 0 Å². The lowest BCUT2D eigenvalue weighted by Gasteiger charge is -2.00. The van der Waals surface area contributed by atoms with E-state index in [0.29, 0.717) is 0 Å². The van der Waals surface area contributed by atoms with E-state index in [1.165, 1.54) is 42.5 Å². The van der Waals surface area contributed by atoms with E-state index in [-0.39, 0.29) is 21.8 Å². The second-order valence-corrected chi connectivity index (χ2v) is 4.55. The lowest BCUT2D eigenvalue weighted by Crippen LogP contribution is -1.96. The first-order valence-electron chi connectivity index (χ1n) is 5.90. The Kier molecular flexibility index (Phi) is 4.45. The number of halogens is 2. The van der Waals surface area contributed by atoms with Crippen molar-refractivity contribution in [2.45, 2.75) is 0 Å². The third kappa shape index (κ3) is 3.52. The number of rotatable bonds is 4. The highest BCUT2D eigenvalue weighted by molar-refractivity contribution is 6.32. The number of carbonyl (C=O) groups is 1. The van der Waals surface area contributed by atoms with Gasteiger partial charge in [-0.1, -0.05) is 29.8 Å². The topological polar surface area (TPSA) is 60.2 Å². The fourth-order valence-corrected chi connectivity index (χ4v) is 1.92. The SMILES string of the molecule is O=C(/C=C\c1c(F)cccc1Cl)c1cccc([N+](=O)[O-])c1. The molecule has 106 valence electrons. The van der Waals surface area contributed by atoms with E-state index in [4.69, 9.17) is 11.6 Å². The lowest BCUT2D eigenvalue weighted by molar-refractivity contribution is -0.384. The number of nitro groups is 1. The molecule has 0 bridgehead atoms. The van der Waals surface area contributed by atoms with Crippen LogP contribution in [0.4, 0.5) is 10.1 Å². The van der Waals surface area contributed by atoms with Gasteiger partial charge in [-0.15, -0.1) is 0 Å². The van der Waals surface area contributed by atoms with Crippen LogP contribution in [-0.4, -0.2) is 10.7 Å². The highest BCUT2D eigenvalue weighted by atomic mass is 35.5. The van der Waals surface area contributed by atoms with Gasteiger partial charge in [-0.3, -0.25) is 14.9 Å². The van der Waals surface area contributed by atoms with Crippen LogP contribution in [-0.2, 0) is 0 Å². The molecule has 0 aliphatic rings. The Balaban J connectivity index is 2.27.